The van der Waals surface area contributed by atoms with Crippen molar-refractivity contribution in [3.63, 3.8) is 0 Å². The van der Waals surface area contributed by atoms with E-state index in [9.17, 15) is 0 Å². The van der Waals surface area contributed by atoms with Gasteiger partial charge in [0.2, 0.25) is 0 Å². The van der Waals surface area contributed by atoms with Gasteiger partial charge < -0.3 is 24.4 Å². The predicted molar refractivity (Wildman–Crippen MR) is 105 cm³/mol. The zero-order valence-electron chi connectivity index (χ0n) is 16.6. The van der Waals surface area contributed by atoms with Crippen LogP contribution < -0.4 is 14.8 Å². The van der Waals surface area contributed by atoms with Crippen molar-refractivity contribution >= 4 is 5.96 Å². The molecule has 0 saturated carbocycles. The van der Waals surface area contributed by atoms with Gasteiger partial charge in [-0.1, -0.05) is 6.07 Å². The van der Waals surface area contributed by atoms with E-state index in [0.29, 0.717) is 19.1 Å². The number of likely N-dealkylation sites (tertiary alicyclic amines) is 1. The third-order valence-corrected chi connectivity index (χ3v) is 4.50. The van der Waals surface area contributed by atoms with Crippen LogP contribution in [0, 0.1) is 5.92 Å². The molecule has 1 saturated heterocycles. The highest BCUT2D eigenvalue weighted by molar-refractivity contribution is 5.80. The lowest BCUT2D eigenvalue weighted by molar-refractivity contribution is 0.157. The van der Waals surface area contributed by atoms with Crippen molar-refractivity contribution in [2.24, 2.45) is 10.9 Å². The van der Waals surface area contributed by atoms with Crippen LogP contribution in [-0.4, -0.2) is 64.5 Å². The van der Waals surface area contributed by atoms with Crippen LogP contribution in [0.15, 0.2) is 23.2 Å². The molecule has 146 valence electrons. The van der Waals surface area contributed by atoms with Crippen molar-refractivity contribution in [2.75, 3.05) is 53.6 Å². The molecule has 6 heteroatoms. The van der Waals surface area contributed by atoms with Crippen LogP contribution in [0.1, 0.15) is 25.8 Å². The Morgan fingerprint density at radius 3 is 2.69 bits per heavy atom. The smallest absolute Gasteiger partial charge is 0.193 e. The van der Waals surface area contributed by atoms with E-state index in [0.717, 1.165) is 56.5 Å². The first-order chi connectivity index (χ1) is 12.7. The molecule has 6 nitrogen and oxygen atoms in total. The molecule has 0 aliphatic carbocycles. The van der Waals surface area contributed by atoms with Gasteiger partial charge >= 0.3 is 0 Å². The number of hydrogen-bond donors (Lipinski definition) is 1. The summed E-state index contributed by atoms with van der Waals surface area (Å²) >= 11 is 0. The van der Waals surface area contributed by atoms with Crippen molar-refractivity contribution in [1.29, 1.82) is 0 Å². The normalized spacial score (nSPS) is 17.5. The average Bonchev–Trinajstić information content (AvgIpc) is 3.10. The standard InChI is InChI=1S/C20H33N3O3/c1-5-25-18-8-7-16(13-19(18)26-6-2)9-11-22-20(21-3)23-12-10-17(14-23)15-24-4/h7-8,13,17H,5-6,9-12,14-15H2,1-4H3,(H,21,22). The van der Waals surface area contributed by atoms with Gasteiger partial charge in [-0.05, 0) is 44.4 Å². The second-order valence-corrected chi connectivity index (χ2v) is 6.43. The largest absolute Gasteiger partial charge is 0.490 e. The Kier molecular flexibility index (Phi) is 8.54. The first-order valence-corrected chi connectivity index (χ1v) is 9.54. The summed E-state index contributed by atoms with van der Waals surface area (Å²) in [6.45, 7) is 8.92. The highest BCUT2D eigenvalue weighted by Gasteiger charge is 2.24. The summed E-state index contributed by atoms with van der Waals surface area (Å²) in [6.07, 6.45) is 2.06. The highest BCUT2D eigenvalue weighted by atomic mass is 16.5. The van der Waals surface area contributed by atoms with Crippen LogP contribution in [0.25, 0.3) is 0 Å². The molecule has 26 heavy (non-hydrogen) atoms. The van der Waals surface area contributed by atoms with Crippen molar-refractivity contribution in [3.05, 3.63) is 23.8 Å². The van der Waals surface area contributed by atoms with E-state index in [2.05, 4.69) is 27.3 Å². The molecule has 1 atom stereocenters. The molecule has 1 aromatic carbocycles. The van der Waals surface area contributed by atoms with Crippen LogP contribution >= 0.6 is 0 Å². The lowest BCUT2D eigenvalue weighted by atomic mass is 10.1. The number of nitrogens with zero attached hydrogens (tertiary/aromatic N) is 2. The van der Waals surface area contributed by atoms with E-state index in [1.807, 2.05) is 27.0 Å². The van der Waals surface area contributed by atoms with Gasteiger partial charge in [-0.15, -0.1) is 0 Å². The molecule has 1 aliphatic rings. The number of hydrogen-bond acceptors (Lipinski definition) is 4. The lowest BCUT2D eigenvalue weighted by Crippen LogP contribution is -2.41. The van der Waals surface area contributed by atoms with Crippen molar-refractivity contribution in [2.45, 2.75) is 26.7 Å². The van der Waals surface area contributed by atoms with Crippen molar-refractivity contribution < 1.29 is 14.2 Å². The molecule has 1 aromatic rings. The molecule has 0 radical (unpaired) electrons. The second kappa shape index (κ2) is 10.9. The third-order valence-electron chi connectivity index (χ3n) is 4.50. The van der Waals surface area contributed by atoms with Crippen LogP contribution in [0.2, 0.25) is 0 Å². The number of benzene rings is 1. The molecule has 0 bridgehead atoms. The maximum atomic E-state index is 5.71. The first-order valence-electron chi connectivity index (χ1n) is 9.54. The molecular weight excluding hydrogens is 330 g/mol. The number of nitrogens with one attached hydrogen (secondary N) is 1. The lowest BCUT2D eigenvalue weighted by Gasteiger charge is -2.21. The van der Waals surface area contributed by atoms with Crippen molar-refractivity contribution in [3.8, 4) is 11.5 Å². The Labute approximate surface area is 157 Å². The summed E-state index contributed by atoms with van der Waals surface area (Å²) in [5.74, 6) is 3.19. The summed E-state index contributed by atoms with van der Waals surface area (Å²) in [7, 11) is 3.61. The Balaban J connectivity index is 1.87. The summed E-state index contributed by atoms with van der Waals surface area (Å²) in [4.78, 5) is 6.74. The summed E-state index contributed by atoms with van der Waals surface area (Å²) < 4.78 is 16.6. The van der Waals surface area contributed by atoms with Crippen molar-refractivity contribution in [1.82, 2.24) is 10.2 Å². The Morgan fingerprint density at radius 2 is 2.00 bits per heavy atom. The van der Waals surface area contributed by atoms with Gasteiger partial charge in [0.05, 0.1) is 19.8 Å². The van der Waals surface area contributed by atoms with E-state index in [1.165, 1.54) is 5.56 Å². The highest BCUT2D eigenvalue weighted by Crippen LogP contribution is 2.28. The Morgan fingerprint density at radius 1 is 1.23 bits per heavy atom. The fourth-order valence-corrected chi connectivity index (χ4v) is 3.30. The first kappa shape index (κ1) is 20.4. The minimum Gasteiger partial charge on any atom is -0.490 e. The zero-order chi connectivity index (χ0) is 18.8. The van der Waals surface area contributed by atoms with Gasteiger partial charge in [0.1, 0.15) is 0 Å². The predicted octanol–water partition coefficient (Wildman–Crippen LogP) is 2.57. The minimum absolute atomic E-state index is 0.596. The van der Waals surface area contributed by atoms with E-state index in [1.54, 1.807) is 7.11 Å². The molecule has 2 rings (SSSR count). The Bertz CT molecular complexity index is 577. The van der Waals surface area contributed by atoms with Gasteiger partial charge in [-0.2, -0.15) is 0 Å². The molecule has 1 aliphatic heterocycles. The zero-order valence-corrected chi connectivity index (χ0v) is 16.6. The van der Waals surface area contributed by atoms with Crippen LogP contribution in [-0.2, 0) is 11.2 Å². The van der Waals surface area contributed by atoms with Crippen LogP contribution in [0.5, 0.6) is 11.5 Å². The number of aliphatic imine (C=N–C) groups is 1. The minimum atomic E-state index is 0.596. The van der Waals surface area contributed by atoms with Gasteiger partial charge in [0.25, 0.3) is 0 Å². The summed E-state index contributed by atoms with van der Waals surface area (Å²) in [5.41, 5.74) is 1.22. The summed E-state index contributed by atoms with van der Waals surface area (Å²) in [6, 6.07) is 6.17. The molecule has 1 heterocycles. The van der Waals surface area contributed by atoms with Gasteiger partial charge in [-0.3, -0.25) is 4.99 Å². The molecule has 1 fully saturated rings. The number of guanidine groups is 1. The molecule has 1 unspecified atom stereocenters. The van der Waals surface area contributed by atoms with Gasteiger partial charge in [0, 0.05) is 39.7 Å². The Hall–Kier alpha value is -1.95. The number of rotatable bonds is 9. The topological polar surface area (TPSA) is 55.3 Å². The third kappa shape index (κ3) is 5.80. The van der Waals surface area contributed by atoms with E-state index in [-0.39, 0.29) is 0 Å². The molecular formula is C20H33N3O3. The quantitative estimate of drug-likeness (QED) is 0.540. The monoisotopic (exact) mass is 363 g/mol. The SMILES string of the molecule is CCOc1ccc(CCNC(=NC)N2CCC(COC)C2)cc1OCC. The van der Waals surface area contributed by atoms with E-state index >= 15 is 0 Å². The molecule has 1 N–H and O–H groups in total. The maximum Gasteiger partial charge on any atom is 0.193 e. The van der Waals surface area contributed by atoms with E-state index < -0.39 is 0 Å². The second-order valence-electron chi connectivity index (χ2n) is 6.43. The molecule has 0 spiro atoms. The molecule has 0 amide bonds. The molecule has 0 aromatic heterocycles. The summed E-state index contributed by atoms with van der Waals surface area (Å²) in [5, 5.41) is 3.48. The number of ether oxygens (including phenoxy) is 3. The fourth-order valence-electron chi connectivity index (χ4n) is 3.30. The van der Waals surface area contributed by atoms with Gasteiger partial charge in [-0.25, -0.2) is 0 Å². The number of methoxy groups -OCH3 is 1. The van der Waals surface area contributed by atoms with Gasteiger partial charge in [0.15, 0.2) is 17.5 Å². The van der Waals surface area contributed by atoms with E-state index in [4.69, 9.17) is 14.2 Å². The maximum absolute atomic E-state index is 5.71. The fraction of sp³-hybridized carbons (Fsp3) is 0.650. The average molecular weight is 364 g/mol. The van der Waals surface area contributed by atoms with Crippen LogP contribution in [0.3, 0.4) is 0 Å². The van der Waals surface area contributed by atoms with Crippen LogP contribution in [0.4, 0.5) is 0 Å².